The van der Waals surface area contributed by atoms with Crippen LogP contribution in [0.3, 0.4) is 0 Å². The molecule has 1 atom stereocenters. The third-order valence-electron chi connectivity index (χ3n) is 2.03. The van der Waals surface area contributed by atoms with Gasteiger partial charge in [0.1, 0.15) is 0 Å². The zero-order chi connectivity index (χ0) is 11.3. The minimum atomic E-state index is -0.404. The summed E-state index contributed by atoms with van der Waals surface area (Å²) in [6.07, 6.45) is 0.186. The fraction of sp³-hybridized carbons (Fsp3) is 0.800. The van der Waals surface area contributed by atoms with Gasteiger partial charge in [0.25, 0.3) is 0 Å². The molecular formula is C10H20N2O2. The average Bonchev–Trinajstić information content (AvgIpc) is 1.97. The molecule has 0 aliphatic heterocycles. The normalized spacial score (nSPS) is 13.0. The lowest BCUT2D eigenvalue weighted by Crippen LogP contribution is -2.36. The van der Waals surface area contributed by atoms with Crippen LogP contribution in [0.2, 0.25) is 0 Å². The Hall–Kier alpha value is -1.06. The van der Waals surface area contributed by atoms with Gasteiger partial charge in [-0.25, -0.2) is 0 Å². The fourth-order valence-corrected chi connectivity index (χ4v) is 1.25. The Bertz CT molecular complexity index is 212. The topological polar surface area (TPSA) is 72.2 Å². The molecule has 2 amide bonds. The zero-order valence-electron chi connectivity index (χ0n) is 9.33. The number of nitrogens with one attached hydrogen (secondary N) is 1. The maximum atomic E-state index is 11.4. The summed E-state index contributed by atoms with van der Waals surface area (Å²) in [5.74, 6) is -0.782. The molecule has 4 heteroatoms. The van der Waals surface area contributed by atoms with Crippen LogP contribution in [0.15, 0.2) is 0 Å². The van der Waals surface area contributed by atoms with Crippen molar-refractivity contribution in [3.8, 4) is 0 Å². The maximum Gasteiger partial charge on any atom is 0.221 e. The Kier molecular flexibility index (Phi) is 5.20. The predicted molar refractivity (Wildman–Crippen MR) is 55.4 cm³/mol. The van der Waals surface area contributed by atoms with Crippen LogP contribution in [0, 0.1) is 11.8 Å². The predicted octanol–water partition coefficient (Wildman–Crippen LogP) is 0.659. The third-order valence-corrected chi connectivity index (χ3v) is 2.03. The van der Waals surface area contributed by atoms with Crippen molar-refractivity contribution in [1.82, 2.24) is 5.32 Å². The van der Waals surface area contributed by atoms with E-state index in [-0.39, 0.29) is 30.2 Å². The van der Waals surface area contributed by atoms with Crippen LogP contribution in [0.25, 0.3) is 0 Å². The molecule has 0 spiro atoms. The molecular weight excluding hydrogens is 180 g/mol. The minimum absolute atomic E-state index is 0.100. The van der Waals surface area contributed by atoms with E-state index >= 15 is 0 Å². The van der Waals surface area contributed by atoms with Crippen molar-refractivity contribution in [2.24, 2.45) is 17.6 Å². The van der Waals surface area contributed by atoms with Gasteiger partial charge in [0.05, 0.1) is 0 Å². The quantitative estimate of drug-likeness (QED) is 0.684. The summed E-state index contributed by atoms with van der Waals surface area (Å²) in [6, 6.07) is 0.100. The van der Waals surface area contributed by atoms with Gasteiger partial charge in [-0.15, -0.1) is 0 Å². The van der Waals surface area contributed by atoms with E-state index in [1.54, 1.807) is 0 Å². The van der Waals surface area contributed by atoms with Crippen LogP contribution >= 0.6 is 0 Å². The largest absolute Gasteiger partial charge is 0.369 e. The van der Waals surface area contributed by atoms with Crippen molar-refractivity contribution >= 4 is 11.8 Å². The highest BCUT2D eigenvalue weighted by molar-refractivity contribution is 5.85. The Labute approximate surface area is 85.2 Å². The summed E-state index contributed by atoms with van der Waals surface area (Å²) in [4.78, 5) is 22.4. The first-order valence-corrected chi connectivity index (χ1v) is 4.93. The maximum absolute atomic E-state index is 11.4. The van der Waals surface area contributed by atoms with Crippen molar-refractivity contribution in [2.45, 2.75) is 40.2 Å². The number of nitrogens with two attached hydrogens (primary N) is 1. The van der Waals surface area contributed by atoms with Gasteiger partial charge in [-0.1, -0.05) is 13.8 Å². The van der Waals surface area contributed by atoms with E-state index < -0.39 is 5.91 Å². The Morgan fingerprint density at radius 1 is 1.21 bits per heavy atom. The summed E-state index contributed by atoms with van der Waals surface area (Å²) in [5.41, 5.74) is 5.20. The average molecular weight is 200 g/mol. The van der Waals surface area contributed by atoms with Gasteiger partial charge < -0.3 is 11.1 Å². The summed E-state index contributed by atoms with van der Waals surface area (Å²) in [7, 11) is 0. The van der Waals surface area contributed by atoms with Crippen LogP contribution in [-0.4, -0.2) is 17.9 Å². The monoisotopic (exact) mass is 200 g/mol. The Balaban J connectivity index is 4.17. The van der Waals surface area contributed by atoms with E-state index in [0.29, 0.717) is 0 Å². The first kappa shape index (κ1) is 12.9. The van der Waals surface area contributed by atoms with Gasteiger partial charge in [0, 0.05) is 18.4 Å². The van der Waals surface area contributed by atoms with E-state index in [1.807, 2.05) is 27.7 Å². The Morgan fingerprint density at radius 3 is 2.00 bits per heavy atom. The molecule has 0 aromatic heterocycles. The first-order valence-electron chi connectivity index (χ1n) is 4.93. The molecule has 0 bridgehead atoms. The highest BCUT2D eigenvalue weighted by atomic mass is 16.2. The summed E-state index contributed by atoms with van der Waals surface area (Å²) >= 11 is 0. The van der Waals surface area contributed by atoms with Crippen LogP contribution in [0.5, 0.6) is 0 Å². The first-order chi connectivity index (χ1) is 6.34. The van der Waals surface area contributed by atoms with Gasteiger partial charge in [0.2, 0.25) is 11.8 Å². The molecule has 1 unspecified atom stereocenters. The smallest absolute Gasteiger partial charge is 0.221 e. The van der Waals surface area contributed by atoms with Crippen molar-refractivity contribution in [3.05, 3.63) is 0 Å². The van der Waals surface area contributed by atoms with E-state index in [2.05, 4.69) is 5.32 Å². The standard InChI is InChI=1S/C10H20N2O2/c1-6(2)8(10(11)14)5-9(13)12-7(3)4/h6-8H,5H2,1-4H3,(H2,11,14)(H,12,13). The highest BCUT2D eigenvalue weighted by Gasteiger charge is 2.22. The second-order valence-corrected chi connectivity index (χ2v) is 4.18. The van der Waals surface area contributed by atoms with Gasteiger partial charge in [-0.2, -0.15) is 0 Å². The summed E-state index contributed by atoms with van der Waals surface area (Å²) < 4.78 is 0. The molecule has 0 saturated heterocycles. The van der Waals surface area contributed by atoms with Crippen LogP contribution < -0.4 is 11.1 Å². The van der Waals surface area contributed by atoms with E-state index in [0.717, 1.165) is 0 Å². The lowest BCUT2D eigenvalue weighted by atomic mass is 9.91. The molecule has 0 saturated carbocycles. The molecule has 0 radical (unpaired) electrons. The number of rotatable bonds is 5. The van der Waals surface area contributed by atoms with E-state index in [4.69, 9.17) is 5.73 Å². The SMILES string of the molecule is CC(C)NC(=O)CC(C(N)=O)C(C)C. The third kappa shape index (κ3) is 4.84. The molecule has 0 aliphatic carbocycles. The number of hydrogen-bond acceptors (Lipinski definition) is 2. The van der Waals surface area contributed by atoms with E-state index in [9.17, 15) is 9.59 Å². The molecule has 3 N–H and O–H groups in total. The fourth-order valence-electron chi connectivity index (χ4n) is 1.25. The van der Waals surface area contributed by atoms with Gasteiger partial charge in [-0.05, 0) is 19.8 Å². The van der Waals surface area contributed by atoms with Crippen molar-refractivity contribution in [1.29, 1.82) is 0 Å². The van der Waals surface area contributed by atoms with Gasteiger partial charge >= 0.3 is 0 Å². The van der Waals surface area contributed by atoms with Crippen molar-refractivity contribution in [3.63, 3.8) is 0 Å². The second kappa shape index (κ2) is 5.62. The molecule has 0 aromatic rings. The molecule has 4 nitrogen and oxygen atoms in total. The van der Waals surface area contributed by atoms with Crippen LogP contribution in [0.1, 0.15) is 34.1 Å². The molecule has 82 valence electrons. The summed E-state index contributed by atoms with van der Waals surface area (Å²) in [5, 5.41) is 2.74. The lowest BCUT2D eigenvalue weighted by Gasteiger charge is -2.17. The molecule has 0 heterocycles. The number of carbonyl (C=O) groups is 2. The van der Waals surface area contributed by atoms with Crippen molar-refractivity contribution in [2.75, 3.05) is 0 Å². The van der Waals surface area contributed by atoms with Gasteiger partial charge in [0.15, 0.2) is 0 Å². The number of amides is 2. The molecule has 0 aliphatic rings. The number of primary amides is 1. The molecule has 0 fully saturated rings. The van der Waals surface area contributed by atoms with Crippen LogP contribution in [0.4, 0.5) is 0 Å². The molecule has 14 heavy (non-hydrogen) atoms. The highest BCUT2D eigenvalue weighted by Crippen LogP contribution is 2.14. The van der Waals surface area contributed by atoms with Gasteiger partial charge in [-0.3, -0.25) is 9.59 Å². The molecule has 0 rings (SSSR count). The Morgan fingerprint density at radius 2 is 1.71 bits per heavy atom. The zero-order valence-corrected chi connectivity index (χ0v) is 9.33. The van der Waals surface area contributed by atoms with E-state index in [1.165, 1.54) is 0 Å². The summed E-state index contributed by atoms with van der Waals surface area (Å²) in [6.45, 7) is 7.54. The number of hydrogen-bond donors (Lipinski definition) is 2. The second-order valence-electron chi connectivity index (χ2n) is 4.18. The lowest BCUT2D eigenvalue weighted by molar-refractivity contribution is -0.129. The van der Waals surface area contributed by atoms with Crippen molar-refractivity contribution < 1.29 is 9.59 Å². The molecule has 0 aromatic carbocycles. The van der Waals surface area contributed by atoms with Crippen LogP contribution in [-0.2, 0) is 9.59 Å². The number of carbonyl (C=O) groups excluding carboxylic acids is 2. The minimum Gasteiger partial charge on any atom is -0.369 e.